The van der Waals surface area contributed by atoms with Crippen LogP contribution in [0.25, 0.3) is 16.6 Å². The van der Waals surface area contributed by atoms with Crippen molar-refractivity contribution in [2.24, 2.45) is 0 Å². The van der Waals surface area contributed by atoms with Crippen LogP contribution in [-0.2, 0) is 4.79 Å². The first-order valence-electron chi connectivity index (χ1n) is 4.70. The number of hydrogen-bond donors (Lipinski definition) is 2. The Labute approximate surface area is 92.2 Å². The first kappa shape index (κ1) is 10.2. The number of phenols is 1. The van der Waals surface area contributed by atoms with Crippen molar-refractivity contribution in [2.75, 3.05) is 0 Å². The normalized spacial score (nSPS) is 10.0. The smallest absolute Gasteiger partial charge is 0.211 e. The van der Waals surface area contributed by atoms with Gasteiger partial charge in [-0.05, 0) is 18.2 Å². The average Bonchev–Trinajstić information content (AvgIpc) is 2.29. The van der Waals surface area contributed by atoms with E-state index in [1.807, 2.05) is 6.07 Å². The van der Waals surface area contributed by atoms with Crippen molar-refractivity contribution < 1.29 is 9.90 Å². The lowest BCUT2D eigenvalue weighted by atomic mass is 10.0. The molecule has 2 rings (SSSR count). The van der Waals surface area contributed by atoms with Crippen LogP contribution in [0.1, 0.15) is 5.56 Å². The third-order valence-electron chi connectivity index (χ3n) is 2.30. The van der Waals surface area contributed by atoms with Crippen LogP contribution in [0.5, 0.6) is 5.75 Å². The van der Waals surface area contributed by atoms with Gasteiger partial charge in [-0.2, -0.15) is 0 Å². The molecule has 0 spiro atoms. The first-order valence-corrected chi connectivity index (χ1v) is 4.70. The number of carbonyl (C=O) groups is 1. The number of pyridine rings is 1. The number of carbonyl (C=O) groups excluding carboxylic acids is 1. The molecule has 0 radical (unpaired) electrons. The highest BCUT2D eigenvalue weighted by atomic mass is 16.3. The molecule has 0 fully saturated rings. The van der Waals surface area contributed by atoms with E-state index in [2.05, 4.69) is 16.9 Å². The molecule has 1 aromatic heterocycles. The molecule has 1 heterocycles. The molecule has 2 aromatic rings. The minimum absolute atomic E-state index is 0.0693. The van der Waals surface area contributed by atoms with Crippen molar-refractivity contribution in [1.29, 1.82) is 0 Å². The number of aromatic nitrogens is 1. The predicted molar refractivity (Wildman–Crippen MR) is 61.6 cm³/mol. The second-order valence-corrected chi connectivity index (χ2v) is 3.27. The zero-order chi connectivity index (χ0) is 11.5. The summed E-state index contributed by atoms with van der Waals surface area (Å²) >= 11 is 0. The predicted octanol–water partition coefficient (Wildman–Crippen LogP) is 1.66. The van der Waals surface area contributed by atoms with E-state index < -0.39 is 0 Å². The molecule has 4 nitrogen and oxygen atoms in total. The second-order valence-electron chi connectivity index (χ2n) is 3.27. The maximum atomic E-state index is 10.4. The third-order valence-corrected chi connectivity index (χ3v) is 2.30. The van der Waals surface area contributed by atoms with Crippen LogP contribution in [-0.4, -0.2) is 16.5 Å². The number of rotatable bonds is 3. The topological polar surface area (TPSA) is 62.2 Å². The Balaban J connectivity index is 2.70. The number of aromatic hydroxyl groups is 1. The van der Waals surface area contributed by atoms with Crippen LogP contribution < -0.4 is 5.32 Å². The van der Waals surface area contributed by atoms with E-state index in [0.29, 0.717) is 17.7 Å². The second kappa shape index (κ2) is 4.02. The highest BCUT2D eigenvalue weighted by molar-refractivity contribution is 5.95. The largest absolute Gasteiger partial charge is 0.507 e. The first-order chi connectivity index (χ1) is 7.74. The molecular formula is C12H10N2O2. The van der Waals surface area contributed by atoms with Crippen molar-refractivity contribution in [3.8, 4) is 5.75 Å². The molecule has 80 valence electrons. The number of benzene rings is 1. The highest BCUT2D eigenvalue weighted by Crippen LogP contribution is 2.29. The Hall–Kier alpha value is -2.36. The monoisotopic (exact) mass is 214 g/mol. The minimum atomic E-state index is 0.0693. The lowest BCUT2D eigenvalue weighted by Gasteiger charge is -2.09. The summed E-state index contributed by atoms with van der Waals surface area (Å²) in [6.07, 6.45) is 2.19. The average molecular weight is 214 g/mol. The summed E-state index contributed by atoms with van der Waals surface area (Å²) in [7, 11) is 0. The quantitative estimate of drug-likeness (QED) is 0.764. The Kier molecular flexibility index (Phi) is 2.55. The van der Waals surface area contributed by atoms with Crippen LogP contribution >= 0.6 is 0 Å². The van der Waals surface area contributed by atoms with Gasteiger partial charge in [0.2, 0.25) is 6.41 Å². The number of fused-ring (bicyclic) bond motifs is 1. The summed E-state index contributed by atoms with van der Waals surface area (Å²) in [5.41, 5.74) is 1.59. The van der Waals surface area contributed by atoms with Crippen LogP contribution in [0.3, 0.4) is 0 Å². The van der Waals surface area contributed by atoms with Crippen molar-refractivity contribution >= 4 is 23.0 Å². The zero-order valence-corrected chi connectivity index (χ0v) is 8.47. The number of nitrogens with zero attached hydrogens (tertiary/aromatic N) is 1. The van der Waals surface area contributed by atoms with Crippen LogP contribution in [0.4, 0.5) is 0 Å². The van der Waals surface area contributed by atoms with E-state index in [1.54, 1.807) is 18.3 Å². The van der Waals surface area contributed by atoms with Crippen LogP contribution in [0, 0.1) is 0 Å². The molecular weight excluding hydrogens is 204 g/mol. The van der Waals surface area contributed by atoms with E-state index in [4.69, 9.17) is 0 Å². The van der Waals surface area contributed by atoms with Gasteiger partial charge in [0.1, 0.15) is 5.75 Å². The maximum absolute atomic E-state index is 10.4. The molecule has 2 N–H and O–H groups in total. The standard InChI is InChI=1S/C12H10N2O2/c1-8(14-7-15)12-9-3-2-6-13-10(9)4-5-11(12)16/h2-7,16H,1H2,(H,14,15). The van der Waals surface area contributed by atoms with Gasteiger partial charge in [0.15, 0.2) is 0 Å². The molecule has 0 aliphatic rings. The van der Waals surface area contributed by atoms with Crippen LogP contribution in [0.15, 0.2) is 37.0 Å². The molecule has 0 aliphatic carbocycles. The lowest BCUT2D eigenvalue weighted by Crippen LogP contribution is -2.08. The van der Waals surface area contributed by atoms with Gasteiger partial charge in [-0.25, -0.2) is 0 Å². The van der Waals surface area contributed by atoms with Gasteiger partial charge < -0.3 is 10.4 Å². The Morgan fingerprint density at radius 2 is 2.25 bits per heavy atom. The Morgan fingerprint density at radius 3 is 3.00 bits per heavy atom. The molecule has 1 aromatic carbocycles. The molecule has 16 heavy (non-hydrogen) atoms. The molecule has 0 saturated heterocycles. The van der Waals surface area contributed by atoms with Crippen molar-refractivity contribution in [2.45, 2.75) is 0 Å². The SMILES string of the molecule is C=C(NC=O)c1c(O)ccc2ncccc12. The van der Waals surface area contributed by atoms with E-state index >= 15 is 0 Å². The fraction of sp³-hybridized carbons (Fsp3) is 0. The van der Waals surface area contributed by atoms with Crippen molar-refractivity contribution in [1.82, 2.24) is 10.3 Å². The van der Waals surface area contributed by atoms with Gasteiger partial charge >= 0.3 is 0 Å². The zero-order valence-electron chi connectivity index (χ0n) is 8.47. The van der Waals surface area contributed by atoms with Crippen molar-refractivity contribution in [3.05, 3.63) is 42.6 Å². The summed E-state index contributed by atoms with van der Waals surface area (Å²) < 4.78 is 0. The van der Waals surface area contributed by atoms with Gasteiger partial charge in [-0.1, -0.05) is 12.6 Å². The molecule has 0 saturated carbocycles. The number of phenolic OH excluding ortho intramolecular Hbond substituents is 1. The molecule has 0 unspecified atom stereocenters. The van der Waals surface area contributed by atoms with Gasteiger partial charge in [0, 0.05) is 22.8 Å². The van der Waals surface area contributed by atoms with Gasteiger partial charge in [0.05, 0.1) is 5.52 Å². The van der Waals surface area contributed by atoms with Gasteiger partial charge in [0.25, 0.3) is 0 Å². The number of nitrogens with one attached hydrogen (secondary N) is 1. The number of hydrogen-bond acceptors (Lipinski definition) is 3. The highest BCUT2D eigenvalue weighted by Gasteiger charge is 2.09. The van der Waals surface area contributed by atoms with Crippen LogP contribution in [0.2, 0.25) is 0 Å². The molecule has 4 heteroatoms. The third kappa shape index (κ3) is 1.61. The molecule has 0 bridgehead atoms. The van der Waals surface area contributed by atoms with E-state index in [9.17, 15) is 9.90 Å². The molecule has 0 atom stereocenters. The summed E-state index contributed by atoms with van der Waals surface area (Å²) in [6.45, 7) is 3.70. The summed E-state index contributed by atoms with van der Waals surface area (Å²) in [4.78, 5) is 14.5. The molecule has 0 aliphatic heterocycles. The maximum Gasteiger partial charge on any atom is 0.211 e. The summed E-state index contributed by atoms with van der Waals surface area (Å²) in [5, 5.41) is 12.9. The van der Waals surface area contributed by atoms with E-state index in [-0.39, 0.29) is 5.75 Å². The fourth-order valence-corrected chi connectivity index (χ4v) is 1.60. The fourth-order valence-electron chi connectivity index (χ4n) is 1.60. The van der Waals surface area contributed by atoms with E-state index in [0.717, 1.165) is 10.9 Å². The summed E-state index contributed by atoms with van der Waals surface area (Å²) in [5.74, 6) is 0.0693. The van der Waals surface area contributed by atoms with E-state index in [1.165, 1.54) is 6.07 Å². The minimum Gasteiger partial charge on any atom is -0.507 e. The summed E-state index contributed by atoms with van der Waals surface area (Å²) in [6, 6.07) is 6.82. The van der Waals surface area contributed by atoms with Crippen molar-refractivity contribution in [3.63, 3.8) is 0 Å². The Morgan fingerprint density at radius 1 is 1.44 bits per heavy atom. The van der Waals surface area contributed by atoms with Gasteiger partial charge in [-0.15, -0.1) is 0 Å². The Bertz CT molecular complexity index is 564. The lowest BCUT2D eigenvalue weighted by molar-refractivity contribution is -0.108. The van der Waals surface area contributed by atoms with Gasteiger partial charge in [-0.3, -0.25) is 9.78 Å². The molecule has 1 amide bonds. The number of amides is 1.